The SMILES string of the molecule is C/C(=C\C=C\[C@@H](C)c1ccccn1)[C@H]1OC(=O)C[C@H](O)CC[C@@](C)(O)[C@@H](OC(=O)N2CCC(N3CCCCCC3)CC2)/C=C\[C@@H]1C. The molecule has 0 saturated carbocycles. The lowest BCUT2D eigenvalue weighted by Crippen LogP contribution is -2.49. The van der Waals surface area contributed by atoms with Crippen LogP contribution in [-0.4, -0.2) is 93.2 Å². The van der Waals surface area contributed by atoms with Crippen LogP contribution in [0.1, 0.15) is 97.1 Å². The number of nitrogens with zero attached hydrogens (tertiary/aromatic N) is 3. The molecule has 2 N–H and O–H groups in total. The first-order valence-corrected chi connectivity index (χ1v) is 17.3. The monoisotopic (exact) mass is 637 g/mol. The van der Waals surface area contributed by atoms with E-state index in [0.29, 0.717) is 19.1 Å². The summed E-state index contributed by atoms with van der Waals surface area (Å²) >= 11 is 0. The fraction of sp³-hybridized carbons (Fsp3) is 0.649. The number of rotatable bonds is 6. The minimum Gasteiger partial charge on any atom is -0.457 e. The minimum absolute atomic E-state index is 0.106. The van der Waals surface area contributed by atoms with Gasteiger partial charge in [-0.2, -0.15) is 0 Å². The average molecular weight is 638 g/mol. The van der Waals surface area contributed by atoms with E-state index < -0.39 is 36.0 Å². The molecule has 3 aliphatic heterocycles. The zero-order chi connectivity index (χ0) is 33.1. The van der Waals surface area contributed by atoms with Crippen molar-refractivity contribution in [3.05, 3.63) is 66.0 Å². The number of aliphatic hydroxyl groups is 2. The van der Waals surface area contributed by atoms with Crippen LogP contribution in [0.4, 0.5) is 4.79 Å². The van der Waals surface area contributed by atoms with Gasteiger partial charge in [-0.15, -0.1) is 0 Å². The summed E-state index contributed by atoms with van der Waals surface area (Å²) in [6.45, 7) is 11.1. The van der Waals surface area contributed by atoms with Crippen LogP contribution in [0, 0.1) is 5.92 Å². The molecule has 1 aromatic rings. The Hall–Kier alpha value is -3.01. The van der Waals surface area contributed by atoms with Crippen LogP contribution < -0.4 is 0 Å². The number of aromatic nitrogens is 1. The smallest absolute Gasteiger partial charge is 0.410 e. The summed E-state index contributed by atoms with van der Waals surface area (Å²) < 4.78 is 11.9. The van der Waals surface area contributed by atoms with E-state index in [4.69, 9.17) is 9.47 Å². The standard InChI is InChI=1S/C37H55N3O6/c1-27(32-14-7-8-21-38-32)12-11-13-28(2)35-29(3)15-16-33(37(4,44)20-17-31(41)26-34(42)46-35)45-36(43)40-24-18-30(19-25-40)39-22-9-5-6-10-23-39/h7-8,11-16,21,27,29-31,33,35,41,44H,5-6,9-10,17-20,22-26H2,1-4H3/b12-11+,16-15-,28-13+/t27-,29+,31-,33+,35-,37-/m1/s1. The summed E-state index contributed by atoms with van der Waals surface area (Å²) in [7, 11) is 0. The Morgan fingerprint density at radius 2 is 1.83 bits per heavy atom. The second-order valence-electron chi connectivity index (χ2n) is 13.7. The zero-order valence-corrected chi connectivity index (χ0v) is 28.2. The molecule has 254 valence electrons. The molecule has 2 saturated heterocycles. The number of carbonyl (C=O) groups is 2. The van der Waals surface area contributed by atoms with Gasteiger partial charge >= 0.3 is 12.1 Å². The van der Waals surface area contributed by atoms with E-state index in [2.05, 4.69) is 16.8 Å². The molecule has 4 heterocycles. The highest BCUT2D eigenvalue weighted by Crippen LogP contribution is 2.28. The van der Waals surface area contributed by atoms with E-state index in [-0.39, 0.29) is 31.1 Å². The molecule has 3 aliphatic rings. The predicted octanol–water partition coefficient (Wildman–Crippen LogP) is 5.93. The molecule has 0 aliphatic carbocycles. The Labute approximate surface area is 275 Å². The number of allylic oxidation sites excluding steroid dienone is 3. The number of cyclic esters (lactones) is 1. The molecule has 0 unspecified atom stereocenters. The quantitative estimate of drug-likeness (QED) is 0.224. The molecule has 0 aromatic carbocycles. The summed E-state index contributed by atoms with van der Waals surface area (Å²) in [5.74, 6) is -0.683. The van der Waals surface area contributed by atoms with Crippen molar-refractivity contribution in [2.24, 2.45) is 5.92 Å². The first-order valence-electron chi connectivity index (χ1n) is 17.3. The number of aliphatic hydroxyl groups excluding tert-OH is 1. The fourth-order valence-corrected chi connectivity index (χ4v) is 6.72. The summed E-state index contributed by atoms with van der Waals surface area (Å²) in [6, 6.07) is 6.33. The molecule has 6 atom stereocenters. The van der Waals surface area contributed by atoms with Gasteiger partial charge in [0.05, 0.1) is 12.5 Å². The zero-order valence-electron chi connectivity index (χ0n) is 28.2. The van der Waals surface area contributed by atoms with Crippen molar-refractivity contribution in [2.45, 2.75) is 121 Å². The number of pyridine rings is 1. The second-order valence-corrected chi connectivity index (χ2v) is 13.7. The number of amides is 1. The summed E-state index contributed by atoms with van der Waals surface area (Å²) in [6.07, 6.45) is 15.3. The Bertz CT molecular complexity index is 1200. The topological polar surface area (TPSA) is 112 Å². The molecule has 4 rings (SSSR count). The molecule has 0 bridgehead atoms. The van der Waals surface area contributed by atoms with Gasteiger partial charge in [-0.1, -0.05) is 57.1 Å². The third-order valence-corrected chi connectivity index (χ3v) is 9.79. The molecule has 9 nitrogen and oxygen atoms in total. The Morgan fingerprint density at radius 1 is 1.11 bits per heavy atom. The van der Waals surface area contributed by atoms with Crippen LogP contribution in [-0.2, 0) is 14.3 Å². The largest absolute Gasteiger partial charge is 0.457 e. The van der Waals surface area contributed by atoms with Crippen LogP contribution >= 0.6 is 0 Å². The van der Waals surface area contributed by atoms with E-state index >= 15 is 0 Å². The lowest BCUT2D eigenvalue weighted by molar-refractivity contribution is -0.151. The van der Waals surface area contributed by atoms with Gasteiger partial charge in [0.2, 0.25) is 0 Å². The maximum atomic E-state index is 13.4. The van der Waals surface area contributed by atoms with Crippen molar-refractivity contribution in [2.75, 3.05) is 26.2 Å². The van der Waals surface area contributed by atoms with Gasteiger partial charge in [0.25, 0.3) is 0 Å². The van der Waals surface area contributed by atoms with Crippen molar-refractivity contribution >= 4 is 12.1 Å². The van der Waals surface area contributed by atoms with Crippen molar-refractivity contribution in [3.8, 4) is 0 Å². The third-order valence-electron chi connectivity index (χ3n) is 9.79. The molecule has 1 amide bonds. The molecule has 1 aromatic heterocycles. The van der Waals surface area contributed by atoms with E-state index in [1.54, 1.807) is 24.1 Å². The average Bonchev–Trinajstić information content (AvgIpc) is 3.34. The van der Waals surface area contributed by atoms with Crippen molar-refractivity contribution in [1.82, 2.24) is 14.8 Å². The van der Waals surface area contributed by atoms with Crippen LogP contribution in [0.5, 0.6) is 0 Å². The number of likely N-dealkylation sites (tertiary alicyclic amines) is 2. The number of hydrogen-bond donors (Lipinski definition) is 2. The van der Waals surface area contributed by atoms with E-state index in [1.165, 1.54) is 25.7 Å². The van der Waals surface area contributed by atoms with Crippen LogP contribution in [0.15, 0.2) is 60.3 Å². The lowest BCUT2D eigenvalue weighted by atomic mass is 9.88. The van der Waals surface area contributed by atoms with Crippen molar-refractivity contribution in [3.63, 3.8) is 0 Å². The maximum absolute atomic E-state index is 13.4. The molecule has 46 heavy (non-hydrogen) atoms. The number of esters is 1. The lowest BCUT2D eigenvalue weighted by Gasteiger charge is -2.39. The van der Waals surface area contributed by atoms with Gasteiger partial charge < -0.3 is 29.5 Å². The van der Waals surface area contributed by atoms with Gasteiger partial charge in [-0.25, -0.2) is 4.79 Å². The molecule has 2 fully saturated rings. The highest BCUT2D eigenvalue weighted by atomic mass is 16.6. The molecule has 0 spiro atoms. The Balaban J connectivity index is 1.45. The first-order chi connectivity index (χ1) is 22.0. The van der Waals surface area contributed by atoms with Gasteiger partial charge in [0, 0.05) is 42.9 Å². The van der Waals surface area contributed by atoms with Crippen molar-refractivity contribution < 1.29 is 29.3 Å². The van der Waals surface area contributed by atoms with Gasteiger partial charge in [0.15, 0.2) is 6.10 Å². The highest BCUT2D eigenvalue weighted by Gasteiger charge is 2.37. The van der Waals surface area contributed by atoms with Gasteiger partial charge in [0.1, 0.15) is 11.7 Å². The summed E-state index contributed by atoms with van der Waals surface area (Å²) in [5, 5.41) is 22.1. The van der Waals surface area contributed by atoms with Crippen LogP contribution in [0.25, 0.3) is 0 Å². The van der Waals surface area contributed by atoms with Gasteiger partial charge in [-0.05, 0) is 89.2 Å². The summed E-state index contributed by atoms with van der Waals surface area (Å²) in [5.41, 5.74) is 0.349. The maximum Gasteiger partial charge on any atom is 0.410 e. The highest BCUT2D eigenvalue weighted by molar-refractivity contribution is 5.70. The first kappa shape index (κ1) is 35.8. The van der Waals surface area contributed by atoms with Crippen LogP contribution in [0.2, 0.25) is 0 Å². The molecular weight excluding hydrogens is 582 g/mol. The van der Waals surface area contributed by atoms with E-state index in [0.717, 1.165) is 37.2 Å². The third kappa shape index (κ3) is 10.5. The van der Waals surface area contributed by atoms with Crippen LogP contribution in [0.3, 0.4) is 0 Å². The van der Waals surface area contributed by atoms with E-state index in [1.807, 2.05) is 56.4 Å². The van der Waals surface area contributed by atoms with Gasteiger partial charge in [-0.3, -0.25) is 9.78 Å². The van der Waals surface area contributed by atoms with Crippen molar-refractivity contribution in [1.29, 1.82) is 0 Å². The molecular formula is C37H55N3O6. The number of piperidine rings is 1. The fourth-order valence-electron chi connectivity index (χ4n) is 6.72. The summed E-state index contributed by atoms with van der Waals surface area (Å²) in [4.78, 5) is 35.0. The Kier molecular flexibility index (Phi) is 13.4. The van der Waals surface area contributed by atoms with E-state index in [9.17, 15) is 19.8 Å². The number of carbonyl (C=O) groups excluding carboxylic acids is 2. The number of hydrogen-bond acceptors (Lipinski definition) is 8. The Morgan fingerprint density at radius 3 is 2.50 bits per heavy atom. The minimum atomic E-state index is -1.44. The second kappa shape index (κ2) is 17.2. The molecule has 0 radical (unpaired) electrons. The normalized spacial score (nSPS) is 31.3. The number of ether oxygens (including phenoxy) is 2. The molecule has 9 heteroatoms. The predicted molar refractivity (Wildman–Crippen MR) is 179 cm³/mol.